The van der Waals surface area contributed by atoms with Crippen LogP contribution in [0.15, 0.2) is 77.9 Å². The lowest BCUT2D eigenvalue weighted by molar-refractivity contribution is -0.131. The molecule has 2 heteroatoms. The first-order valence-electron chi connectivity index (χ1n) is 9.49. The highest BCUT2D eigenvalue weighted by molar-refractivity contribution is 6.07. The number of hydrogen-bond acceptors (Lipinski definition) is 2. The number of carbonyl (C=O) groups excluding carboxylic acids is 2. The van der Waals surface area contributed by atoms with Crippen molar-refractivity contribution in [1.82, 2.24) is 0 Å². The molecule has 0 radical (unpaired) electrons. The molecule has 0 N–H and O–H groups in total. The standard InChI is InChI=1S/C25H20O2/c26-20-14-18-10-11-22-21-9-5-4-8-17(21)13-19(12-16-6-2-1-3-7-16)24(22)25(18)23(27)15-20/h1-12,24-25H,13-15H2. The molecular formula is C25H20O2. The third-order valence-electron chi connectivity index (χ3n) is 5.94. The van der Waals surface area contributed by atoms with Crippen LogP contribution >= 0.6 is 0 Å². The second kappa shape index (κ2) is 6.31. The van der Waals surface area contributed by atoms with Crippen molar-refractivity contribution in [1.29, 1.82) is 0 Å². The minimum atomic E-state index is -0.189. The Morgan fingerprint density at radius 1 is 0.778 bits per heavy atom. The first kappa shape index (κ1) is 16.2. The number of hydrogen-bond donors (Lipinski definition) is 0. The summed E-state index contributed by atoms with van der Waals surface area (Å²) in [5.74, 6) is -0.0256. The lowest BCUT2D eigenvalue weighted by Crippen LogP contribution is -2.37. The zero-order chi connectivity index (χ0) is 18.4. The normalized spacial score (nSPS) is 25.3. The van der Waals surface area contributed by atoms with Gasteiger partial charge in [-0.25, -0.2) is 0 Å². The molecule has 0 spiro atoms. The van der Waals surface area contributed by atoms with Gasteiger partial charge in [0.05, 0.1) is 12.3 Å². The Balaban J connectivity index is 1.69. The lowest BCUT2D eigenvalue weighted by Gasteiger charge is -2.40. The Labute approximate surface area is 158 Å². The van der Waals surface area contributed by atoms with Gasteiger partial charge in [0.25, 0.3) is 0 Å². The molecule has 0 bridgehead atoms. The SMILES string of the molecule is O=C1CC(=O)C2C(=CC=C3c4ccccc4CC(=Cc4ccccc4)C32)C1. The molecule has 0 heterocycles. The molecule has 2 unspecified atom stereocenters. The smallest absolute Gasteiger partial charge is 0.148 e. The van der Waals surface area contributed by atoms with Crippen LogP contribution in [-0.4, -0.2) is 11.6 Å². The molecule has 5 rings (SSSR count). The molecule has 2 atom stereocenters. The van der Waals surface area contributed by atoms with Crippen LogP contribution in [0, 0.1) is 11.8 Å². The topological polar surface area (TPSA) is 34.1 Å². The fourth-order valence-electron chi connectivity index (χ4n) is 4.82. The van der Waals surface area contributed by atoms with Crippen molar-refractivity contribution in [2.75, 3.05) is 0 Å². The predicted octanol–water partition coefficient (Wildman–Crippen LogP) is 4.81. The largest absolute Gasteiger partial charge is 0.299 e. The van der Waals surface area contributed by atoms with Crippen LogP contribution in [-0.2, 0) is 16.0 Å². The summed E-state index contributed by atoms with van der Waals surface area (Å²) in [7, 11) is 0. The van der Waals surface area contributed by atoms with Crippen LogP contribution in [0.25, 0.3) is 11.6 Å². The summed E-state index contributed by atoms with van der Waals surface area (Å²) in [5.41, 5.74) is 7.18. The molecule has 0 saturated heterocycles. The van der Waals surface area contributed by atoms with Gasteiger partial charge in [0.1, 0.15) is 11.6 Å². The summed E-state index contributed by atoms with van der Waals surface area (Å²) in [6.07, 6.45) is 7.73. The van der Waals surface area contributed by atoms with Crippen molar-refractivity contribution in [3.05, 3.63) is 94.6 Å². The molecule has 27 heavy (non-hydrogen) atoms. The molecule has 0 aromatic heterocycles. The number of ketones is 2. The average Bonchev–Trinajstić information content (AvgIpc) is 2.68. The van der Waals surface area contributed by atoms with Gasteiger partial charge in [0.15, 0.2) is 0 Å². The molecule has 3 aliphatic rings. The van der Waals surface area contributed by atoms with Crippen LogP contribution in [0.5, 0.6) is 0 Å². The van der Waals surface area contributed by atoms with E-state index in [9.17, 15) is 9.59 Å². The van der Waals surface area contributed by atoms with Crippen molar-refractivity contribution < 1.29 is 9.59 Å². The van der Waals surface area contributed by atoms with Gasteiger partial charge in [-0.3, -0.25) is 9.59 Å². The van der Waals surface area contributed by atoms with Crippen LogP contribution in [0.2, 0.25) is 0 Å². The highest BCUT2D eigenvalue weighted by Gasteiger charge is 2.43. The van der Waals surface area contributed by atoms with Crippen LogP contribution < -0.4 is 0 Å². The molecule has 3 aliphatic carbocycles. The molecule has 1 fully saturated rings. The van der Waals surface area contributed by atoms with Crippen molar-refractivity contribution >= 4 is 23.2 Å². The van der Waals surface area contributed by atoms with Crippen LogP contribution in [0.4, 0.5) is 0 Å². The van der Waals surface area contributed by atoms with Crippen LogP contribution in [0.3, 0.4) is 0 Å². The molecule has 2 aromatic rings. The maximum atomic E-state index is 12.9. The number of fused-ring (bicyclic) bond motifs is 5. The minimum Gasteiger partial charge on any atom is -0.299 e. The van der Waals surface area contributed by atoms with Gasteiger partial charge >= 0.3 is 0 Å². The lowest BCUT2D eigenvalue weighted by atomic mass is 9.62. The van der Waals surface area contributed by atoms with Gasteiger partial charge < -0.3 is 0 Å². The van der Waals surface area contributed by atoms with Crippen molar-refractivity contribution in [3.63, 3.8) is 0 Å². The van der Waals surface area contributed by atoms with Gasteiger partial charge in [-0.2, -0.15) is 0 Å². The Morgan fingerprint density at radius 3 is 2.41 bits per heavy atom. The van der Waals surface area contributed by atoms with E-state index in [-0.39, 0.29) is 29.8 Å². The Hall–Kier alpha value is -3.00. The number of Topliss-reactive ketones (excluding diaryl/α,β-unsaturated/α-hetero) is 2. The summed E-state index contributed by atoms with van der Waals surface area (Å²) in [5, 5.41) is 0. The van der Waals surface area contributed by atoms with E-state index >= 15 is 0 Å². The first-order valence-corrected chi connectivity index (χ1v) is 9.49. The Kier molecular flexibility index (Phi) is 3.78. The molecule has 132 valence electrons. The Morgan fingerprint density at radius 2 is 1.56 bits per heavy atom. The number of carbonyl (C=O) groups is 2. The molecule has 2 nitrogen and oxygen atoms in total. The average molecular weight is 352 g/mol. The van der Waals surface area contributed by atoms with E-state index in [2.05, 4.69) is 48.6 Å². The van der Waals surface area contributed by atoms with E-state index in [0.717, 1.165) is 17.6 Å². The Bertz CT molecular complexity index is 1040. The van der Waals surface area contributed by atoms with Crippen molar-refractivity contribution in [3.8, 4) is 0 Å². The van der Waals surface area contributed by atoms with E-state index in [1.807, 2.05) is 24.3 Å². The summed E-state index contributed by atoms with van der Waals surface area (Å²) < 4.78 is 0. The third-order valence-corrected chi connectivity index (χ3v) is 5.94. The summed E-state index contributed by atoms with van der Waals surface area (Å²) in [6.45, 7) is 0. The van der Waals surface area contributed by atoms with E-state index in [0.29, 0.717) is 6.42 Å². The van der Waals surface area contributed by atoms with E-state index in [1.54, 1.807) is 0 Å². The quantitative estimate of drug-likeness (QED) is 0.690. The number of allylic oxidation sites excluding steroid dienone is 5. The third kappa shape index (κ3) is 2.73. The number of benzene rings is 2. The highest BCUT2D eigenvalue weighted by atomic mass is 16.1. The van der Waals surface area contributed by atoms with Gasteiger partial charge in [-0.1, -0.05) is 84.0 Å². The van der Waals surface area contributed by atoms with Gasteiger partial charge in [-0.05, 0) is 28.7 Å². The van der Waals surface area contributed by atoms with Crippen molar-refractivity contribution in [2.45, 2.75) is 19.3 Å². The van der Waals surface area contributed by atoms with E-state index in [4.69, 9.17) is 0 Å². The van der Waals surface area contributed by atoms with E-state index < -0.39 is 0 Å². The molecule has 1 saturated carbocycles. The zero-order valence-electron chi connectivity index (χ0n) is 15.0. The van der Waals surface area contributed by atoms with Crippen molar-refractivity contribution in [2.24, 2.45) is 11.8 Å². The fraction of sp³-hybridized carbons (Fsp3) is 0.200. The highest BCUT2D eigenvalue weighted by Crippen LogP contribution is 2.49. The monoisotopic (exact) mass is 352 g/mol. The second-order valence-electron chi connectivity index (χ2n) is 7.64. The summed E-state index contributed by atoms with van der Waals surface area (Å²) in [4.78, 5) is 24.9. The van der Waals surface area contributed by atoms with Crippen LogP contribution in [0.1, 0.15) is 29.5 Å². The maximum Gasteiger partial charge on any atom is 0.148 e. The maximum absolute atomic E-state index is 12.9. The second-order valence-corrected chi connectivity index (χ2v) is 7.64. The molecule has 0 aliphatic heterocycles. The molecule has 2 aromatic carbocycles. The molecule has 0 amide bonds. The molecular weight excluding hydrogens is 332 g/mol. The summed E-state index contributed by atoms with van der Waals surface area (Å²) in [6, 6.07) is 18.8. The number of rotatable bonds is 1. The minimum absolute atomic E-state index is 0.0423. The van der Waals surface area contributed by atoms with Gasteiger partial charge in [-0.15, -0.1) is 0 Å². The summed E-state index contributed by atoms with van der Waals surface area (Å²) >= 11 is 0. The predicted molar refractivity (Wildman–Crippen MR) is 107 cm³/mol. The fourth-order valence-corrected chi connectivity index (χ4v) is 4.82. The zero-order valence-corrected chi connectivity index (χ0v) is 15.0. The van der Waals surface area contributed by atoms with Gasteiger partial charge in [0.2, 0.25) is 0 Å². The first-order chi connectivity index (χ1) is 13.2. The van der Waals surface area contributed by atoms with Gasteiger partial charge in [0, 0.05) is 12.3 Å². The van der Waals surface area contributed by atoms with E-state index in [1.165, 1.54) is 22.3 Å².